The van der Waals surface area contributed by atoms with Gasteiger partial charge in [-0.05, 0) is 56.5 Å². The molecule has 3 aliphatic rings. The van der Waals surface area contributed by atoms with Gasteiger partial charge in [-0.15, -0.1) is 0 Å². The first kappa shape index (κ1) is 8.25. The molecule has 2 N–H and O–H groups in total. The van der Waals surface area contributed by atoms with E-state index in [4.69, 9.17) is 0 Å². The van der Waals surface area contributed by atoms with E-state index in [1.165, 1.54) is 19.3 Å². The number of nitrogens with one attached hydrogen (secondary N) is 1. The van der Waals surface area contributed by atoms with Crippen molar-refractivity contribution in [3.63, 3.8) is 0 Å². The van der Waals surface area contributed by atoms with Gasteiger partial charge < -0.3 is 10.4 Å². The molecule has 3 rings (SSSR count). The van der Waals surface area contributed by atoms with Crippen LogP contribution in [0.2, 0.25) is 0 Å². The van der Waals surface area contributed by atoms with Gasteiger partial charge in [0, 0.05) is 0 Å². The Bertz CT molecular complexity index is 200. The van der Waals surface area contributed by atoms with Crippen LogP contribution in [-0.2, 0) is 0 Å². The average Bonchev–Trinajstić information content (AvgIpc) is 2.39. The second-order valence-corrected chi connectivity index (χ2v) is 5.32. The molecule has 0 radical (unpaired) electrons. The van der Waals surface area contributed by atoms with E-state index >= 15 is 0 Å². The van der Waals surface area contributed by atoms with Gasteiger partial charge in [0.1, 0.15) is 0 Å². The van der Waals surface area contributed by atoms with Crippen molar-refractivity contribution in [2.45, 2.75) is 37.7 Å². The molecule has 13 heavy (non-hydrogen) atoms. The van der Waals surface area contributed by atoms with Gasteiger partial charge in [0.15, 0.2) is 0 Å². The predicted octanol–water partition coefficient (Wildman–Crippen LogP) is 1.15. The fourth-order valence-electron chi connectivity index (χ4n) is 3.54. The minimum absolute atomic E-state index is 0.254. The number of aliphatic hydroxyl groups is 1. The molecule has 0 aromatic heterocycles. The maximum Gasteiger partial charge on any atom is 0.0682 e. The van der Waals surface area contributed by atoms with Crippen LogP contribution in [0.4, 0.5) is 0 Å². The van der Waals surface area contributed by atoms with E-state index in [9.17, 15) is 5.11 Å². The summed E-state index contributed by atoms with van der Waals surface area (Å²) in [7, 11) is 0. The van der Waals surface area contributed by atoms with Crippen molar-refractivity contribution in [1.29, 1.82) is 0 Å². The standard InChI is InChI=1S/C11H19NO/c13-11(10-2-1-3-10)4-8-6-12-7-9(8)5-11/h8-10,12-13H,1-7H2. The van der Waals surface area contributed by atoms with Gasteiger partial charge in [0.25, 0.3) is 0 Å². The van der Waals surface area contributed by atoms with Crippen LogP contribution < -0.4 is 5.32 Å². The molecular weight excluding hydrogens is 162 g/mol. The summed E-state index contributed by atoms with van der Waals surface area (Å²) in [6.07, 6.45) is 6.07. The highest BCUT2D eigenvalue weighted by molar-refractivity contribution is 5.03. The van der Waals surface area contributed by atoms with Crippen LogP contribution >= 0.6 is 0 Å². The van der Waals surface area contributed by atoms with E-state index in [-0.39, 0.29) is 5.60 Å². The number of rotatable bonds is 1. The Morgan fingerprint density at radius 3 is 2.15 bits per heavy atom. The van der Waals surface area contributed by atoms with Crippen molar-refractivity contribution >= 4 is 0 Å². The molecule has 3 fully saturated rings. The highest BCUT2D eigenvalue weighted by Gasteiger charge is 2.51. The summed E-state index contributed by atoms with van der Waals surface area (Å²) < 4.78 is 0. The molecule has 0 spiro atoms. The van der Waals surface area contributed by atoms with Gasteiger partial charge >= 0.3 is 0 Å². The van der Waals surface area contributed by atoms with Gasteiger partial charge in [-0.1, -0.05) is 6.42 Å². The molecule has 0 amide bonds. The van der Waals surface area contributed by atoms with Gasteiger partial charge in [0.2, 0.25) is 0 Å². The molecule has 0 bridgehead atoms. The highest BCUT2D eigenvalue weighted by Crippen LogP contribution is 2.50. The van der Waals surface area contributed by atoms with Crippen LogP contribution in [0.3, 0.4) is 0 Å². The molecule has 1 aliphatic heterocycles. The van der Waals surface area contributed by atoms with Crippen LogP contribution in [0.5, 0.6) is 0 Å². The van der Waals surface area contributed by atoms with Gasteiger partial charge in [-0.2, -0.15) is 0 Å². The molecular formula is C11H19NO. The Labute approximate surface area is 79.7 Å². The van der Waals surface area contributed by atoms with E-state index < -0.39 is 0 Å². The summed E-state index contributed by atoms with van der Waals surface area (Å²) in [5, 5.41) is 13.9. The molecule has 2 unspecified atom stereocenters. The van der Waals surface area contributed by atoms with Crippen LogP contribution in [-0.4, -0.2) is 23.8 Å². The molecule has 1 saturated heterocycles. The van der Waals surface area contributed by atoms with E-state index in [0.717, 1.165) is 37.8 Å². The molecule has 2 aliphatic carbocycles. The zero-order chi connectivity index (χ0) is 8.89. The van der Waals surface area contributed by atoms with Crippen LogP contribution in [0, 0.1) is 17.8 Å². The van der Waals surface area contributed by atoms with E-state index in [1.54, 1.807) is 0 Å². The normalized spacial score (nSPS) is 50.5. The predicted molar refractivity (Wildman–Crippen MR) is 51.4 cm³/mol. The van der Waals surface area contributed by atoms with Crippen molar-refractivity contribution in [3.05, 3.63) is 0 Å². The lowest BCUT2D eigenvalue weighted by atomic mass is 9.71. The van der Waals surface area contributed by atoms with Gasteiger partial charge in [-0.25, -0.2) is 0 Å². The van der Waals surface area contributed by atoms with Crippen LogP contribution in [0.25, 0.3) is 0 Å². The first-order valence-corrected chi connectivity index (χ1v) is 5.71. The lowest BCUT2D eigenvalue weighted by molar-refractivity contribution is -0.0502. The quantitative estimate of drug-likeness (QED) is 0.636. The Hall–Kier alpha value is -0.0800. The minimum Gasteiger partial charge on any atom is -0.390 e. The molecule has 2 atom stereocenters. The Kier molecular flexibility index (Phi) is 1.72. The summed E-state index contributed by atoms with van der Waals surface area (Å²) in [6, 6.07) is 0. The number of hydrogen-bond donors (Lipinski definition) is 2. The third-order valence-corrected chi connectivity index (χ3v) is 4.58. The van der Waals surface area contributed by atoms with E-state index in [0.29, 0.717) is 5.92 Å². The lowest BCUT2D eigenvalue weighted by Crippen LogP contribution is -2.40. The molecule has 2 nitrogen and oxygen atoms in total. The summed E-state index contributed by atoms with van der Waals surface area (Å²) in [5.41, 5.74) is -0.254. The molecule has 2 heteroatoms. The minimum atomic E-state index is -0.254. The van der Waals surface area contributed by atoms with Crippen molar-refractivity contribution < 1.29 is 5.11 Å². The van der Waals surface area contributed by atoms with Crippen LogP contribution in [0.15, 0.2) is 0 Å². The fraction of sp³-hybridized carbons (Fsp3) is 1.00. The summed E-state index contributed by atoms with van der Waals surface area (Å²) in [5.74, 6) is 2.22. The summed E-state index contributed by atoms with van der Waals surface area (Å²) >= 11 is 0. The van der Waals surface area contributed by atoms with Crippen molar-refractivity contribution in [2.24, 2.45) is 17.8 Å². The average molecular weight is 181 g/mol. The second-order valence-electron chi connectivity index (χ2n) is 5.32. The third-order valence-electron chi connectivity index (χ3n) is 4.58. The topological polar surface area (TPSA) is 32.3 Å². The fourth-order valence-corrected chi connectivity index (χ4v) is 3.54. The first-order valence-electron chi connectivity index (χ1n) is 5.71. The molecule has 0 aromatic carbocycles. The zero-order valence-corrected chi connectivity index (χ0v) is 8.13. The molecule has 0 aromatic rings. The van der Waals surface area contributed by atoms with Crippen molar-refractivity contribution in [2.75, 3.05) is 13.1 Å². The zero-order valence-electron chi connectivity index (χ0n) is 8.13. The molecule has 74 valence electrons. The second kappa shape index (κ2) is 2.71. The Morgan fingerprint density at radius 2 is 1.69 bits per heavy atom. The smallest absolute Gasteiger partial charge is 0.0682 e. The maximum atomic E-state index is 10.5. The third kappa shape index (κ3) is 1.15. The summed E-state index contributed by atoms with van der Waals surface area (Å²) in [4.78, 5) is 0. The van der Waals surface area contributed by atoms with E-state index in [1.807, 2.05) is 0 Å². The highest BCUT2D eigenvalue weighted by atomic mass is 16.3. The number of fused-ring (bicyclic) bond motifs is 1. The van der Waals surface area contributed by atoms with Crippen molar-refractivity contribution in [3.8, 4) is 0 Å². The Balaban J connectivity index is 1.73. The van der Waals surface area contributed by atoms with Crippen molar-refractivity contribution in [1.82, 2.24) is 5.32 Å². The largest absolute Gasteiger partial charge is 0.390 e. The SMILES string of the molecule is OC1(C2CCC2)CC2CNCC2C1. The first-order chi connectivity index (χ1) is 6.28. The van der Waals surface area contributed by atoms with Gasteiger partial charge in [-0.3, -0.25) is 0 Å². The van der Waals surface area contributed by atoms with Crippen LogP contribution in [0.1, 0.15) is 32.1 Å². The Morgan fingerprint density at radius 1 is 1.08 bits per heavy atom. The monoisotopic (exact) mass is 181 g/mol. The maximum absolute atomic E-state index is 10.5. The summed E-state index contributed by atoms with van der Waals surface area (Å²) in [6.45, 7) is 2.30. The van der Waals surface area contributed by atoms with E-state index in [2.05, 4.69) is 5.32 Å². The molecule has 1 heterocycles. The van der Waals surface area contributed by atoms with Gasteiger partial charge in [0.05, 0.1) is 5.60 Å². The number of hydrogen-bond acceptors (Lipinski definition) is 2. The molecule has 2 saturated carbocycles. The lowest BCUT2D eigenvalue weighted by Gasteiger charge is -2.39.